The van der Waals surface area contributed by atoms with Crippen LogP contribution in [0.3, 0.4) is 0 Å². The number of carbonyl (C=O) groups excluding carboxylic acids is 2. The van der Waals surface area contributed by atoms with Crippen molar-refractivity contribution in [2.75, 3.05) is 64.1 Å². The second-order valence-corrected chi connectivity index (χ2v) is 11.5. The fraction of sp³-hybridized carbons (Fsp3) is 0.333. The topological polar surface area (TPSA) is 129 Å². The number of aldehydes is 1. The SMILES string of the molecule is CNC(C)c1cccc(N2CCN(C)CC2)n1.COc1cc(Nc2ncc(Cl)c(-c3ccc4c(c3)C(=O)N(CC=O)C4)n2)ccn1. The van der Waals surface area contributed by atoms with Gasteiger partial charge in [-0.1, -0.05) is 29.8 Å². The predicted octanol–water partition coefficient (Wildman–Crippen LogP) is 4.21. The van der Waals surface area contributed by atoms with Gasteiger partial charge in [0.1, 0.15) is 12.1 Å². The van der Waals surface area contributed by atoms with Crippen molar-refractivity contribution in [1.82, 2.24) is 35.1 Å². The zero-order valence-electron chi connectivity index (χ0n) is 26.4. The third-order valence-electron chi connectivity index (χ3n) is 7.96. The van der Waals surface area contributed by atoms with E-state index in [9.17, 15) is 9.59 Å². The lowest BCUT2D eigenvalue weighted by Crippen LogP contribution is -2.44. The van der Waals surface area contributed by atoms with Crippen LogP contribution >= 0.6 is 11.6 Å². The van der Waals surface area contributed by atoms with Crippen LogP contribution in [0.2, 0.25) is 5.02 Å². The van der Waals surface area contributed by atoms with Crippen LogP contribution in [-0.2, 0) is 11.3 Å². The van der Waals surface area contributed by atoms with Gasteiger partial charge in [0.25, 0.3) is 5.91 Å². The lowest BCUT2D eigenvalue weighted by atomic mass is 10.0. The summed E-state index contributed by atoms with van der Waals surface area (Å²) in [6.07, 6.45) is 3.82. The molecule has 2 aliphatic rings. The summed E-state index contributed by atoms with van der Waals surface area (Å²) in [7, 11) is 5.67. The summed E-state index contributed by atoms with van der Waals surface area (Å²) in [5.41, 5.74) is 4.42. The number of hydrogen-bond donors (Lipinski definition) is 2. The Hall–Kier alpha value is -4.65. The van der Waals surface area contributed by atoms with Gasteiger partial charge in [-0.2, -0.15) is 0 Å². The minimum absolute atomic E-state index is 0.0700. The molecule has 1 aromatic carbocycles. The maximum atomic E-state index is 12.5. The molecule has 5 heterocycles. The first-order chi connectivity index (χ1) is 22.3. The van der Waals surface area contributed by atoms with Gasteiger partial charge in [-0.15, -0.1) is 0 Å². The molecule has 4 aromatic rings. The highest BCUT2D eigenvalue weighted by atomic mass is 35.5. The van der Waals surface area contributed by atoms with Gasteiger partial charge in [-0.25, -0.2) is 19.9 Å². The van der Waals surface area contributed by atoms with Crippen LogP contribution in [0.5, 0.6) is 5.88 Å². The minimum Gasteiger partial charge on any atom is -0.481 e. The summed E-state index contributed by atoms with van der Waals surface area (Å²) in [6.45, 7) is 7.00. The molecule has 0 radical (unpaired) electrons. The summed E-state index contributed by atoms with van der Waals surface area (Å²) < 4.78 is 5.11. The van der Waals surface area contributed by atoms with E-state index in [0.29, 0.717) is 51.9 Å². The summed E-state index contributed by atoms with van der Waals surface area (Å²) in [5.74, 6) is 1.73. The number of methoxy groups -OCH3 is 1. The molecule has 2 aliphatic heterocycles. The molecular formula is C33H38ClN9O3. The number of rotatable bonds is 9. The zero-order chi connectivity index (χ0) is 32.6. The Morgan fingerprint density at radius 1 is 1.07 bits per heavy atom. The minimum atomic E-state index is -0.179. The van der Waals surface area contributed by atoms with Gasteiger partial charge >= 0.3 is 0 Å². The standard InChI is InChI=1S/C20H16ClN5O3.C13H22N4/c1-29-17-9-14(4-5-22-17)24-20-23-10-16(21)18(25-20)12-2-3-13-11-26(6-7-27)19(28)15(13)8-12;1-11(14-2)12-5-4-6-13(15-12)17-9-7-16(3)8-10-17/h2-5,7-10H,6,11H2,1H3,(H,22,23,24,25);4-6,11,14H,7-10H2,1-3H3. The highest BCUT2D eigenvalue weighted by molar-refractivity contribution is 6.33. The predicted molar refractivity (Wildman–Crippen MR) is 179 cm³/mol. The van der Waals surface area contributed by atoms with Gasteiger partial charge in [-0.3, -0.25) is 4.79 Å². The Kier molecular flexibility index (Phi) is 10.7. The molecule has 6 rings (SSSR count). The number of nitrogens with zero attached hydrogens (tertiary/aromatic N) is 7. The number of amides is 1. The number of halogens is 1. The number of carbonyl (C=O) groups is 2. The summed E-state index contributed by atoms with van der Waals surface area (Å²) >= 11 is 6.32. The monoisotopic (exact) mass is 643 g/mol. The normalized spacial score (nSPS) is 15.1. The quantitative estimate of drug-likeness (QED) is 0.255. The molecule has 1 fully saturated rings. The Morgan fingerprint density at radius 2 is 1.87 bits per heavy atom. The van der Waals surface area contributed by atoms with E-state index in [2.05, 4.69) is 67.6 Å². The van der Waals surface area contributed by atoms with E-state index in [4.69, 9.17) is 21.3 Å². The number of hydrogen-bond acceptors (Lipinski definition) is 11. The Balaban J connectivity index is 0.000000209. The second-order valence-electron chi connectivity index (χ2n) is 11.0. The van der Waals surface area contributed by atoms with Gasteiger partial charge in [0.2, 0.25) is 11.8 Å². The zero-order valence-corrected chi connectivity index (χ0v) is 27.2. The molecule has 0 aliphatic carbocycles. The number of benzene rings is 1. The van der Waals surface area contributed by atoms with Crippen molar-refractivity contribution >= 4 is 41.2 Å². The summed E-state index contributed by atoms with van der Waals surface area (Å²) in [5, 5.41) is 6.67. The summed E-state index contributed by atoms with van der Waals surface area (Å²) in [6, 6.07) is 15.5. The third-order valence-corrected chi connectivity index (χ3v) is 8.24. The molecule has 12 nitrogen and oxygen atoms in total. The number of anilines is 3. The fourth-order valence-electron chi connectivity index (χ4n) is 5.14. The average molecular weight is 644 g/mol. The third kappa shape index (κ3) is 7.76. The largest absolute Gasteiger partial charge is 0.481 e. The van der Waals surface area contributed by atoms with E-state index < -0.39 is 0 Å². The van der Waals surface area contributed by atoms with E-state index in [1.165, 1.54) is 18.2 Å². The Bertz CT molecular complexity index is 1680. The van der Waals surface area contributed by atoms with E-state index in [-0.39, 0.29) is 12.5 Å². The smallest absolute Gasteiger partial charge is 0.254 e. The molecule has 1 unspecified atom stereocenters. The van der Waals surface area contributed by atoms with Crippen molar-refractivity contribution in [1.29, 1.82) is 0 Å². The number of aromatic nitrogens is 4. The second kappa shape index (κ2) is 15.1. The van der Waals surface area contributed by atoms with Crippen molar-refractivity contribution in [2.24, 2.45) is 0 Å². The van der Waals surface area contributed by atoms with Crippen LogP contribution < -0.4 is 20.3 Å². The first-order valence-electron chi connectivity index (χ1n) is 15.0. The number of piperazine rings is 1. The first-order valence-corrected chi connectivity index (χ1v) is 15.4. The van der Waals surface area contributed by atoms with Crippen molar-refractivity contribution in [3.8, 4) is 17.1 Å². The molecule has 0 bridgehead atoms. The number of pyridine rings is 2. The molecule has 46 heavy (non-hydrogen) atoms. The number of fused-ring (bicyclic) bond motifs is 1. The van der Waals surface area contributed by atoms with Crippen molar-refractivity contribution in [3.05, 3.63) is 82.8 Å². The molecule has 0 saturated carbocycles. The maximum absolute atomic E-state index is 12.5. The average Bonchev–Trinajstić information content (AvgIpc) is 3.40. The first kappa shape index (κ1) is 32.7. The van der Waals surface area contributed by atoms with Gasteiger partial charge < -0.3 is 34.9 Å². The van der Waals surface area contributed by atoms with Gasteiger partial charge in [0, 0.05) is 67.8 Å². The molecule has 2 N–H and O–H groups in total. The lowest BCUT2D eigenvalue weighted by Gasteiger charge is -2.33. The molecule has 240 valence electrons. The molecule has 3 aromatic heterocycles. The van der Waals surface area contributed by atoms with E-state index >= 15 is 0 Å². The number of nitrogens with one attached hydrogen (secondary N) is 2. The molecule has 1 atom stereocenters. The van der Waals surface area contributed by atoms with Gasteiger partial charge in [0.05, 0.1) is 36.3 Å². The molecular weight excluding hydrogens is 606 g/mol. The van der Waals surface area contributed by atoms with Crippen molar-refractivity contribution in [3.63, 3.8) is 0 Å². The van der Waals surface area contributed by atoms with E-state index in [0.717, 1.165) is 49.5 Å². The number of likely N-dealkylation sites (N-methyl/N-ethyl adjacent to an activating group) is 1. The van der Waals surface area contributed by atoms with Crippen LogP contribution in [0, 0.1) is 0 Å². The van der Waals surface area contributed by atoms with Crippen LogP contribution in [0.4, 0.5) is 17.5 Å². The Labute approximate surface area is 273 Å². The highest BCUT2D eigenvalue weighted by Gasteiger charge is 2.27. The number of ether oxygens (including phenoxy) is 1. The lowest BCUT2D eigenvalue weighted by molar-refractivity contribution is -0.108. The Morgan fingerprint density at radius 3 is 2.61 bits per heavy atom. The summed E-state index contributed by atoms with van der Waals surface area (Å²) in [4.78, 5) is 47.0. The van der Waals surface area contributed by atoms with Crippen LogP contribution in [0.15, 0.2) is 60.9 Å². The van der Waals surface area contributed by atoms with Crippen LogP contribution in [0.25, 0.3) is 11.3 Å². The van der Waals surface area contributed by atoms with Crippen molar-refractivity contribution in [2.45, 2.75) is 19.5 Å². The van der Waals surface area contributed by atoms with E-state index in [1.54, 1.807) is 24.4 Å². The fourth-order valence-corrected chi connectivity index (χ4v) is 5.34. The van der Waals surface area contributed by atoms with Gasteiger partial charge in [-0.05, 0) is 50.8 Å². The molecule has 13 heteroatoms. The molecule has 0 spiro atoms. The van der Waals surface area contributed by atoms with Crippen molar-refractivity contribution < 1.29 is 14.3 Å². The maximum Gasteiger partial charge on any atom is 0.254 e. The van der Waals surface area contributed by atoms with Gasteiger partial charge in [0.15, 0.2) is 0 Å². The highest BCUT2D eigenvalue weighted by Crippen LogP contribution is 2.32. The molecule has 1 amide bonds. The van der Waals surface area contributed by atoms with Crippen LogP contribution in [0.1, 0.15) is 34.6 Å². The van der Waals surface area contributed by atoms with E-state index in [1.807, 2.05) is 19.2 Å². The van der Waals surface area contributed by atoms with Crippen LogP contribution in [-0.4, -0.2) is 95.9 Å². The molecule has 1 saturated heterocycles.